The summed E-state index contributed by atoms with van der Waals surface area (Å²) in [6.45, 7) is 7.79. The van der Waals surface area contributed by atoms with E-state index in [0.29, 0.717) is 0 Å². The molecule has 0 saturated carbocycles. The van der Waals surface area contributed by atoms with Crippen LogP contribution in [0.15, 0.2) is 24.3 Å². The van der Waals surface area contributed by atoms with Crippen LogP contribution in [0, 0.1) is 5.92 Å². The van der Waals surface area contributed by atoms with Crippen LogP contribution in [0.1, 0.15) is 33.3 Å². The second kappa shape index (κ2) is 7.90. The first-order valence-corrected chi connectivity index (χ1v) is 7.08. The Kier molecular flexibility index (Phi) is 6.52. The minimum atomic E-state index is -0.0578. The Morgan fingerprint density at radius 2 is 1.90 bits per heavy atom. The van der Waals surface area contributed by atoms with E-state index in [2.05, 4.69) is 5.32 Å². The number of amides is 1. The van der Waals surface area contributed by atoms with Gasteiger partial charge in [-0.15, -0.1) is 0 Å². The van der Waals surface area contributed by atoms with Gasteiger partial charge in [0.1, 0.15) is 5.75 Å². The molecule has 0 aromatic heterocycles. The number of benzene rings is 1. The highest BCUT2D eigenvalue weighted by Gasteiger charge is 2.15. The smallest absolute Gasteiger partial charge is 0.224 e. The number of aliphatic hydroxyl groups excluding tert-OH is 1. The van der Waals surface area contributed by atoms with E-state index in [0.717, 1.165) is 11.3 Å². The molecule has 0 spiro atoms. The van der Waals surface area contributed by atoms with Crippen LogP contribution in [0.4, 0.5) is 0 Å². The first-order chi connectivity index (χ1) is 9.43. The third-order valence-electron chi connectivity index (χ3n) is 3.22. The fraction of sp³-hybridized carbons (Fsp3) is 0.562. The fourth-order valence-electron chi connectivity index (χ4n) is 1.80. The molecular weight excluding hydrogens is 254 g/mol. The largest absolute Gasteiger partial charge is 0.491 e. The monoisotopic (exact) mass is 279 g/mol. The fourth-order valence-corrected chi connectivity index (χ4v) is 1.80. The van der Waals surface area contributed by atoms with Gasteiger partial charge in [0.15, 0.2) is 0 Å². The van der Waals surface area contributed by atoms with Crippen LogP contribution in [-0.2, 0) is 11.2 Å². The summed E-state index contributed by atoms with van der Waals surface area (Å²) in [6.07, 6.45) is 0.360. The van der Waals surface area contributed by atoms with Crippen molar-refractivity contribution in [2.45, 2.75) is 46.3 Å². The second-order valence-electron chi connectivity index (χ2n) is 5.47. The molecule has 20 heavy (non-hydrogen) atoms. The maximum absolute atomic E-state index is 12.0. The van der Waals surface area contributed by atoms with E-state index in [1.807, 2.05) is 52.0 Å². The minimum Gasteiger partial charge on any atom is -0.491 e. The minimum absolute atomic E-state index is 0.0427. The van der Waals surface area contributed by atoms with Crippen molar-refractivity contribution in [2.75, 3.05) is 6.61 Å². The van der Waals surface area contributed by atoms with Crippen molar-refractivity contribution in [3.63, 3.8) is 0 Å². The van der Waals surface area contributed by atoms with Gasteiger partial charge in [-0.25, -0.2) is 0 Å². The van der Waals surface area contributed by atoms with Crippen LogP contribution in [0.25, 0.3) is 0 Å². The summed E-state index contributed by atoms with van der Waals surface area (Å²) in [5, 5.41) is 12.0. The number of carbonyl (C=O) groups excluding carboxylic acids is 1. The van der Waals surface area contributed by atoms with Gasteiger partial charge < -0.3 is 15.2 Å². The number of aliphatic hydroxyl groups is 1. The Morgan fingerprint density at radius 3 is 2.50 bits per heavy atom. The number of para-hydroxylation sites is 1. The highest BCUT2D eigenvalue weighted by atomic mass is 16.5. The van der Waals surface area contributed by atoms with Crippen LogP contribution in [0.5, 0.6) is 5.75 Å². The highest BCUT2D eigenvalue weighted by Crippen LogP contribution is 2.20. The molecule has 112 valence electrons. The van der Waals surface area contributed by atoms with Gasteiger partial charge in [0.05, 0.1) is 12.5 Å². The lowest BCUT2D eigenvalue weighted by atomic mass is 10.0. The summed E-state index contributed by atoms with van der Waals surface area (Å²) in [6, 6.07) is 7.52. The van der Waals surface area contributed by atoms with Gasteiger partial charge in [0, 0.05) is 18.2 Å². The molecule has 4 heteroatoms. The quantitative estimate of drug-likeness (QED) is 0.804. The molecule has 2 unspecified atom stereocenters. The Bertz CT molecular complexity index is 431. The molecule has 1 amide bonds. The first-order valence-electron chi connectivity index (χ1n) is 7.08. The molecule has 2 atom stereocenters. The number of hydrogen-bond acceptors (Lipinski definition) is 3. The third kappa shape index (κ3) is 5.21. The van der Waals surface area contributed by atoms with E-state index in [1.165, 1.54) is 0 Å². The van der Waals surface area contributed by atoms with E-state index in [4.69, 9.17) is 9.84 Å². The molecule has 2 N–H and O–H groups in total. The Hall–Kier alpha value is -1.55. The molecule has 0 fully saturated rings. The average Bonchev–Trinajstić information content (AvgIpc) is 2.39. The van der Waals surface area contributed by atoms with Gasteiger partial charge in [-0.1, -0.05) is 25.1 Å². The maximum Gasteiger partial charge on any atom is 0.224 e. The highest BCUT2D eigenvalue weighted by molar-refractivity contribution is 5.79. The predicted octanol–water partition coefficient (Wildman–Crippen LogP) is 2.15. The lowest BCUT2D eigenvalue weighted by Gasteiger charge is -2.20. The van der Waals surface area contributed by atoms with Crippen molar-refractivity contribution < 1.29 is 14.6 Å². The van der Waals surface area contributed by atoms with Gasteiger partial charge in [-0.3, -0.25) is 4.79 Å². The van der Waals surface area contributed by atoms with E-state index >= 15 is 0 Å². The predicted molar refractivity (Wildman–Crippen MR) is 79.8 cm³/mol. The lowest BCUT2D eigenvalue weighted by Crippen LogP contribution is -2.39. The van der Waals surface area contributed by atoms with Crippen LogP contribution in [-0.4, -0.2) is 29.8 Å². The first kappa shape index (κ1) is 16.5. The van der Waals surface area contributed by atoms with E-state index < -0.39 is 0 Å². The summed E-state index contributed by atoms with van der Waals surface area (Å²) in [5.41, 5.74) is 0.877. The normalized spacial score (nSPS) is 13.9. The van der Waals surface area contributed by atoms with E-state index in [1.54, 1.807) is 0 Å². The zero-order chi connectivity index (χ0) is 15.1. The number of nitrogens with one attached hydrogen (secondary N) is 1. The van der Waals surface area contributed by atoms with Gasteiger partial charge in [0.25, 0.3) is 0 Å². The zero-order valence-electron chi connectivity index (χ0n) is 12.7. The van der Waals surface area contributed by atoms with Crippen molar-refractivity contribution in [3.05, 3.63) is 29.8 Å². The molecule has 0 radical (unpaired) electrons. The third-order valence-corrected chi connectivity index (χ3v) is 3.22. The molecule has 1 aromatic rings. The topological polar surface area (TPSA) is 58.6 Å². The summed E-state index contributed by atoms with van der Waals surface area (Å²) < 4.78 is 5.70. The number of hydrogen-bond donors (Lipinski definition) is 2. The summed E-state index contributed by atoms with van der Waals surface area (Å²) in [7, 11) is 0. The van der Waals surface area contributed by atoms with Crippen molar-refractivity contribution in [2.24, 2.45) is 5.92 Å². The molecule has 0 bridgehead atoms. The summed E-state index contributed by atoms with van der Waals surface area (Å²) in [5.74, 6) is 0.735. The van der Waals surface area contributed by atoms with Gasteiger partial charge in [-0.05, 0) is 32.8 Å². The number of ether oxygens (including phenoxy) is 1. The van der Waals surface area contributed by atoms with Crippen molar-refractivity contribution >= 4 is 5.91 Å². The number of carbonyl (C=O) groups is 1. The number of rotatable bonds is 7. The molecule has 0 aliphatic carbocycles. The van der Waals surface area contributed by atoms with Crippen LogP contribution in [0.3, 0.4) is 0 Å². The average molecular weight is 279 g/mol. The Labute approximate surface area is 121 Å². The van der Waals surface area contributed by atoms with Crippen molar-refractivity contribution in [1.29, 1.82) is 0 Å². The molecule has 1 aromatic carbocycles. The van der Waals surface area contributed by atoms with Crippen molar-refractivity contribution in [3.8, 4) is 5.75 Å². The SMILES string of the molecule is CC(C)Oc1ccccc1CC(=O)NC(C)C(C)CO. The standard InChI is InChI=1S/C16H25NO3/c1-11(2)20-15-8-6-5-7-14(15)9-16(19)17-13(4)12(3)10-18/h5-8,11-13,18H,9-10H2,1-4H3,(H,17,19). The molecule has 1 rings (SSSR count). The van der Waals surface area contributed by atoms with E-state index in [-0.39, 0.29) is 37.0 Å². The molecule has 0 aliphatic rings. The second-order valence-corrected chi connectivity index (χ2v) is 5.47. The molecular formula is C16H25NO3. The van der Waals surface area contributed by atoms with Crippen LogP contribution >= 0.6 is 0 Å². The van der Waals surface area contributed by atoms with Gasteiger partial charge in [0.2, 0.25) is 5.91 Å². The Morgan fingerprint density at radius 1 is 1.25 bits per heavy atom. The Balaban J connectivity index is 2.66. The molecule has 0 saturated heterocycles. The lowest BCUT2D eigenvalue weighted by molar-refractivity contribution is -0.121. The summed E-state index contributed by atoms with van der Waals surface area (Å²) >= 11 is 0. The molecule has 0 aliphatic heterocycles. The van der Waals surface area contributed by atoms with Gasteiger partial charge >= 0.3 is 0 Å². The molecule has 0 heterocycles. The zero-order valence-corrected chi connectivity index (χ0v) is 12.7. The molecule has 4 nitrogen and oxygen atoms in total. The maximum atomic E-state index is 12.0. The van der Waals surface area contributed by atoms with Crippen LogP contribution < -0.4 is 10.1 Å². The summed E-state index contributed by atoms with van der Waals surface area (Å²) in [4.78, 5) is 12.0. The van der Waals surface area contributed by atoms with E-state index in [9.17, 15) is 4.79 Å². The van der Waals surface area contributed by atoms with Crippen LogP contribution in [0.2, 0.25) is 0 Å². The van der Waals surface area contributed by atoms with Crippen molar-refractivity contribution in [1.82, 2.24) is 5.32 Å². The van der Waals surface area contributed by atoms with Gasteiger partial charge in [-0.2, -0.15) is 0 Å².